The minimum Gasteiger partial charge on any atom is -0.507 e. The van der Waals surface area contributed by atoms with Gasteiger partial charge in [-0.2, -0.15) is 0 Å². The zero-order chi connectivity index (χ0) is 23.4. The Morgan fingerprint density at radius 2 is 1.94 bits per heavy atom. The van der Waals surface area contributed by atoms with Gasteiger partial charge in [-0.25, -0.2) is 0 Å². The summed E-state index contributed by atoms with van der Waals surface area (Å²) in [4.78, 5) is 27.6. The van der Waals surface area contributed by atoms with Gasteiger partial charge in [0.05, 0.1) is 24.8 Å². The molecule has 174 valence electrons. The van der Waals surface area contributed by atoms with Crippen molar-refractivity contribution in [3.63, 3.8) is 0 Å². The number of rotatable bonds is 9. The van der Waals surface area contributed by atoms with Crippen molar-refractivity contribution >= 4 is 17.4 Å². The number of ether oxygens (including phenoxy) is 3. The van der Waals surface area contributed by atoms with Crippen molar-refractivity contribution in [2.75, 3.05) is 33.5 Å². The summed E-state index contributed by atoms with van der Waals surface area (Å²) in [5, 5.41) is 11.2. The summed E-state index contributed by atoms with van der Waals surface area (Å²) >= 11 is 0. The number of likely N-dealkylation sites (tertiary alicyclic amines) is 1. The molecule has 0 spiro atoms. The summed E-state index contributed by atoms with van der Waals surface area (Å²) in [6, 6.07) is 12.0. The Morgan fingerprint density at radius 3 is 2.67 bits per heavy atom. The summed E-state index contributed by atoms with van der Waals surface area (Å²) < 4.78 is 16.3. The SMILES string of the molecule is CCCOc1ccc(C2/C(=C(/O)c3ccc4c(c3)CCO4)C(=O)C(=O)N2CCCOC)cc1. The van der Waals surface area contributed by atoms with Crippen LogP contribution >= 0.6 is 0 Å². The fourth-order valence-electron chi connectivity index (χ4n) is 4.29. The number of benzene rings is 2. The van der Waals surface area contributed by atoms with Gasteiger partial charge in [0.15, 0.2) is 0 Å². The van der Waals surface area contributed by atoms with E-state index in [0.29, 0.717) is 38.3 Å². The van der Waals surface area contributed by atoms with Gasteiger partial charge in [-0.3, -0.25) is 9.59 Å². The number of ketones is 1. The zero-order valence-corrected chi connectivity index (χ0v) is 19.0. The molecular weight excluding hydrogens is 422 g/mol. The Balaban J connectivity index is 1.75. The van der Waals surface area contributed by atoms with Crippen LogP contribution in [0.1, 0.15) is 42.5 Å². The van der Waals surface area contributed by atoms with Crippen molar-refractivity contribution in [3.05, 3.63) is 64.7 Å². The van der Waals surface area contributed by atoms with Crippen molar-refractivity contribution in [2.24, 2.45) is 0 Å². The zero-order valence-electron chi connectivity index (χ0n) is 19.0. The number of carbonyl (C=O) groups excluding carboxylic acids is 2. The Bertz CT molecular complexity index is 1060. The van der Waals surface area contributed by atoms with E-state index in [0.717, 1.165) is 35.5 Å². The molecule has 0 saturated carbocycles. The second-order valence-electron chi connectivity index (χ2n) is 8.18. The molecule has 2 heterocycles. The van der Waals surface area contributed by atoms with Gasteiger partial charge in [0, 0.05) is 32.2 Å². The molecule has 1 unspecified atom stereocenters. The highest BCUT2D eigenvalue weighted by atomic mass is 16.5. The minimum absolute atomic E-state index is 0.0958. The van der Waals surface area contributed by atoms with Gasteiger partial charge in [-0.05, 0) is 54.3 Å². The molecule has 1 saturated heterocycles. The standard InChI is InChI=1S/C26H29NO6/c1-3-13-32-20-8-5-17(6-9-20)23-22(25(29)26(30)27(23)12-4-14-31-2)24(28)19-7-10-21-18(16-19)11-15-33-21/h5-10,16,23,28H,3-4,11-15H2,1-2H3/b24-22-. The Hall–Kier alpha value is -3.32. The predicted octanol–water partition coefficient (Wildman–Crippen LogP) is 3.87. The lowest BCUT2D eigenvalue weighted by atomic mass is 9.94. The second kappa shape index (κ2) is 10.1. The lowest BCUT2D eigenvalue weighted by molar-refractivity contribution is -0.140. The van der Waals surface area contributed by atoms with Crippen LogP contribution in [-0.2, 0) is 20.7 Å². The van der Waals surface area contributed by atoms with Crippen molar-refractivity contribution in [1.29, 1.82) is 0 Å². The van der Waals surface area contributed by atoms with Gasteiger partial charge in [0.1, 0.15) is 17.3 Å². The average Bonchev–Trinajstić information content (AvgIpc) is 3.40. The first-order valence-corrected chi connectivity index (χ1v) is 11.3. The van der Waals surface area contributed by atoms with Gasteiger partial charge in [-0.15, -0.1) is 0 Å². The Kier molecular flexibility index (Phi) is 6.99. The molecule has 7 nitrogen and oxygen atoms in total. The van der Waals surface area contributed by atoms with Gasteiger partial charge >= 0.3 is 0 Å². The van der Waals surface area contributed by atoms with Crippen LogP contribution < -0.4 is 9.47 Å². The number of methoxy groups -OCH3 is 1. The maximum absolute atomic E-state index is 13.1. The number of Topliss-reactive ketones (excluding diaryl/α,β-unsaturated/α-hetero) is 1. The molecule has 1 N–H and O–H groups in total. The lowest BCUT2D eigenvalue weighted by Crippen LogP contribution is -2.31. The first-order chi connectivity index (χ1) is 16.0. The van der Waals surface area contributed by atoms with Gasteiger partial charge in [0.25, 0.3) is 11.7 Å². The smallest absolute Gasteiger partial charge is 0.295 e. The van der Waals surface area contributed by atoms with E-state index in [1.165, 1.54) is 4.90 Å². The molecule has 0 radical (unpaired) electrons. The van der Waals surface area contributed by atoms with E-state index < -0.39 is 17.7 Å². The van der Waals surface area contributed by atoms with Crippen LogP contribution in [0.5, 0.6) is 11.5 Å². The number of fused-ring (bicyclic) bond motifs is 1. The van der Waals surface area contributed by atoms with E-state index in [1.54, 1.807) is 19.2 Å². The molecule has 1 amide bonds. The van der Waals surface area contributed by atoms with E-state index in [1.807, 2.05) is 37.3 Å². The number of carbonyl (C=O) groups is 2. The van der Waals surface area contributed by atoms with Crippen LogP contribution in [-0.4, -0.2) is 55.2 Å². The minimum atomic E-state index is -0.688. The van der Waals surface area contributed by atoms with E-state index >= 15 is 0 Å². The molecule has 4 rings (SSSR count). The monoisotopic (exact) mass is 451 g/mol. The third-order valence-corrected chi connectivity index (χ3v) is 5.92. The van der Waals surface area contributed by atoms with E-state index in [9.17, 15) is 14.7 Å². The Morgan fingerprint density at radius 1 is 1.15 bits per heavy atom. The van der Waals surface area contributed by atoms with E-state index in [4.69, 9.17) is 14.2 Å². The van der Waals surface area contributed by atoms with Crippen molar-refractivity contribution < 1.29 is 28.9 Å². The fraction of sp³-hybridized carbons (Fsp3) is 0.385. The highest BCUT2D eigenvalue weighted by molar-refractivity contribution is 6.46. The largest absolute Gasteiger partial charge is 0.507 e. The third-order valence-electron chi connectivity index (χ3n) is 5.92. The summed E-state index contributed by atoms with van der Waals surface area (Å²) in [7, 11) is 1.60. The lowest BCUT2D eigenvalue weighted by Gasteiger charge is -2.25. The molecular formula is C26H29NO6. The van der Waals surface area contributed by atoms with Gasteiger partial charge in [0.2, 0.25) is 0 Å². The second-order valence-corrected chi connectivity index (χ2v) is 8.18. The first kappa shape index (κ1) is 22.9. The maximum Gasteiger partial charge on any atom is 0.295 e. The van der Waals surface area contributed by atoms with Gasteiger partial charge < -0.3 is 24.2 Å². The third kappa shape index (κ3) is 4.59. The first-order valence-electron chi connectivity index (χ1n) is 11.3. The molecule has 2 aromatic carbocycles. The highest BCUT2D eigenvalue weighted by Gasteiger charge is 2.45. The van der Waals surface area contributed by atoms with Crippen LogP contribution in [0.25, 0.3) is 5.76 Å². The van der Waals surface area contributed by atoms with Crippen molar-refractivity contribution in [3.8, 4) is 11.5 Å². The number of hydrogen-bond donors (Lipinski definition) is 1. The molecule has 1 fully saturated rings. The topological polar surface area (TPSA) is 85.3 Å². The molecule has 0 bridgehead atoms. The van der Waals surface area contributed by atoms with Crippen molar-refractivity contribution in [2.45, 2.75) is 32.2 Å². The van der Waals surface area contributed by atoms with Gasteiger partial charge in [-0.1, -0.05) is 19.1 Å². The summed E-state index contributed by atoms with van der Waals surface area (Å²) in [5.74, 6) is 0.0290. The molecule has 2 aliphatic heterocycles. The molecule has 2 aromatic rings. The van der Waals surface area contributed by atoms with Crippen LogP contribution in [0.2, 0.25) is 0 Å². The molecule has 0 aliphatic carbocycles. The molecule has 2 aliphatic rings. The highest BCUT2D eigenvalue weighted by Crippen LogP contribution is 2.40. The summed E-state index contributed by atoms with van der Waals surface area (Å²) in [6.07, 6.45) is 2.21. The van der Waals surface area contributed by atoms with Crippen LogP contribution in [0.3, 0.4) is 0 Å². The van der Waals surface area contributed by atoms with Crippen LogP contribution in [0.15, 0.2) is 48.0 Å². The summed E-state index contributed by atoms with van der Waals surface area (Å²) in [5.41, 5.74) is 2.31. The number of hydrogen-bond acceptors (Lipinski definition) is 6. The summed E-state index contributed by atoms with van der Waals surface area (Å²) in [6.45, 7) is 4.04. The number of aliphatic hydroxyl groups excluding tert-OH is 1. The molecule has 7 heteroatoms. The van der Waals surface area contributed by atoms with Crippen LogP contribution in [0.4, 0.5) is 0 Å². The molecule has 1 atom stereocenters. The Labute approximate surface area is 193 Å². The average molecular weight is 452 g/mol. The van der Waals surface area contributed by atoms with E-state index in [-0.39, 0.29) is 11.3 Å². The number of aliphatic hydroxyl groups is 1. The van der Waals surface area contributed by atoms with E-state index in [2.05, 4.69) is 0 Å². The number of amides is 1. The normalized spacial score (nSPS) is 19.0. The fourth-order valence-corrected chi connectivity index (χ4v) is 4.29. The van der Waals surface area contributed by atoms with Crippen LogP contribution in [0, 0.1) is 0 Å². The quantitative estimate of drug-likeness (QED) is 0.270. The number of nitrogens with zero attached hydrogens (tertiary/aromatic N) is 1. The van der Waals surface area contributed by atoms with Crippen molar-refractivity contribution in [1.82, 2.24) is 4.90 Å². The molecule has 0 aromatic heterocycles. The maximum atomic E-state index is 13.1. The predicted molar refractivity (Wildman–Crippen MR) is 123 cm³/mol. The molecule has 33 heavy (non-hydrogen) atoms.